The van der Waals surface area contributed by atoms with Crippen molar-refractivity contribution in [3.05, 3.63) is 98.0 Å². The number of hydrogen-bond acceptors (Lipinski definition) is 2. The maximum absolute atomic E-state index is 12.5. The lowest BCUT2D eigenvalue weighted by Crippen LogP contribution is -2.13. The molecule has 0 bridgehead atoms. The molecule has 140 valence electrons. The first-order chi connectivity index (χ1) is 13.4. The second kappa shape index (κ2) is 8.67. The number of aryl methyl sites for hydroxylation is 1. The first-order valence-corrected chi connectivity index (χ1v) is 9.54. The molecule has 0 aliphatic carbocycles. The molecule has 0 aliphatic rings. The fourth-order valence-electron chi connectivity index (χ4n) is 2.83. The molecule has 1 atom stereocenters. The van der Waals surface area contributed by atoms with Gasteiger partial charge in [0.05, 0.1) is 12.0 Å². The summed E-state index contributed by atoms with van der Waals surface area (Å²) in [6, 6.07) is 19.5. The average molecular weight is 430 g/mol. The van der Waals surface area contributed by atoms with E-state index in [0.717, 1.165) is 11.1 Å². The predicted molar refractivity (Wildman–Crippen MR) is 115 cm³/mol. The molecule has 3 aromatic rings. The molecule has 1 amide bonds. The monoisotopic (exact) mass is 428 g/mol. The van der Waals surface area contributed by atoms with Crippen LogP contribution in [0.2, 0.25) is 15.1 Å². The molecular weight excluding hydrogens is 415 g/mol. The highest BCUT2D eigenvalue weighted by Gasteiger charge is 2.19. The van der Waals surface area contributed by atoms with E-state index in [9.17, 15) is 10.1 Å². The summed E-state index contributed by atoms with van der Waals surface area (Å²) in [6.45, 7) is 1.85. The molecule has 0 spiro atoms. The van der Waals surface area contributed by atoms with Crippen molar-refractivity contribution < 1.29 is 4.79 Å². The molecule has 1 N–H and O–H groups in total. The lowest BCUT2D eigenvalue weighted by Gasteiger charge is -2.16. The van der Waals surface area contributed by atoms with Gasteiger partial charge in [0.15, 0.2) is 0 Å². The van der Waals surface area contributed by atoms with Gasteiger partial charge in [-0.1, -0.05) is 53.0 Å². The molecule has 0 radical (unpaired) electrons. The van der Waals surface area contributed by atoms with E-state index in [-0.39, 0.29) is 5.91 Å². The van der Waals surface area contributed by atoms with Crippen molar-refractivity contribution in [3.8, 4) is 6.07 Å². The lowest BCUT2D eigenvalue weighted by atomic mass is 9.91. The Hall–Kier alpha value is -2.51. The molecule has 0 saturated carbocycles. The maximum atomic E-state index is 12.5. The van der Waals surface area contributed by atoms with E-state index < -0.39 is 5.92 Å². The Balaban J connectivity index is 1.90. The minimum atomic E-state index is -0.538. The number of halogens is 3. The van der Waals surface area contributed by atoms with Crippen LogP contribution in [0.1, 0.15) is 33.0 Å². The van der Waals surface area contributed by atoms with E-state index in [0.29, 0.717) is 31.9 Å². The molecule has 0 fully saturated rings. The molecular formula is C22H15Cl3N2O. The zero-order chi connectivity index (χ0) is 20.3. The highest BCUT2D eigenvalue weighted by molar-refractivity contribution is 6.32. The number of hydrogen-bond donors (Lipinski definition) is 1. The summed E-state index contributed by atoms with van der Waals surface area (Å²) in [7, 11) is 0. The van der Waals surface area contributed by atoms with Crippen molar-refractivity contribution in [2.75, 3.05) is 5.32 Å². The third-order valence-electron chi connectivity index (χ3n) is 4.34. The molecule has 28 heavy (non-hydrogen) atoms. The second-order valence-electron chi connectivity index (χ2n) is 6.26. The fourth-order valence-corrected chi connectivity index (χ4v) is 3.36. The van der Waals surface area contributed by atoms with Gasteiger partial charge in [0, 0.05) is 26.3 Å². The van der Waals surface area contributed by atoms with Crippen LogP contribution in [0.25, 0.3) is 0 Å². The topological polar surface area (TPSA) is 52.9 Å². The van der Waals surface area contributed by atoms with E-state index in [4.69, 9.17) is 34.8 Å². The number of nitriles is 1. The zero-order valence-corrected chi connectivity index (χ0v) is 17.1. The molecule has 0 aromatic heterocycles. The molecule has 3 rings (SSSR count). The van der Waals surface area contributed by atoms with Crippen molar-refractivity contribution in [1.29, 1.82) is 5.26 Å². The molecule has 0 saturated heterocycles. The van der Waals surface area contributed by atoms with E-state index in [2.05, 4.69) is 11.4 Å². The SMILES string of the molecule is Cc1cc(C(C#N)c2ccc(Cl)cc2)c(Cl)cc1NC(=O)c1ccc(Cl)cc1. The number of rotatable bonds is 4. The van der Waals surface area contributed by atoms with Gasteiger partial charge in [0.2, 0.25) is 0 Å². The van der Waals surface area contributed by atoms with Crippen LogP contribution in [-0.4, -0.2) is 5.91 Å². The number of carbonyl (C=O) groups is 1. The second-order valence-corrected chi connectivity index (χ2v) is 7.54. The van der Waals surface area contributed by atoms with Gasteiger partial charge in [-0.25, -0.2) is 0 Å². The fraction of sp³-hybridized carbons (Fsp3) is 0.0909. The quantitative estimate of drug-likeness (QED) is 0.492. The van der Waals surface area contributed by atoms with Gasteiger partial charge < -0.3 is 5.32 Å². The van der Waals surface area contributed by atoms with E-state index in [1.54, 1.807) is 54.6 Å². The third kappa shape index (κ3) is 4.48. The van der Waals surface area contributed by atoms with Gasteiger partial charge in [-0.05, 0) is 66.1 Å². The summed E-state index contributed by atoms with van der Waals surface area (Å²) in [4.78, 5) is 12.5. The smallest absolute Gasteiger partial charge is 0.255 e. The van der Waals surface area contributed by atoms with Gasteiger partial charge in [-0.3, -0.25) is 4.79 Å². The van der Waals surface area contributed by atoms with Gasteiger partial charge in [0.1, 0.15) is 0 Å². The molecule has 0 aliphatic heterocycles. The molecule has 3 aromatic carbocycles. The van der Waals surface area contributed by atoms with Crippen molar-refractivity contribution in [3.63, 3.8) is 0 Å². The lowest BCUT2D eigenvalue weighted by molar-refractivity contribution is 0.102. The first kappa shape index (κ1) is 20.2. The summed E-state index contributed by atoms with van der Waals surface area (Å²) in [5.41, 5.74) is 3.34. The van der Waals surface area contributed by atoms with Gasteiger partial charge in [0.25, 0.3) is 5.91 Å². The van der Waals surface area contributed by atoms with E-state index in [1.165, 1.54) is 0 Å². The summed E-state index contributed by atoms with van der Waals surface area (Å²) in [6.07, 6.45) is 0. The number of carbonyl (C=O) groups excluding carboxylic acids is 1. The summed E-state index contributed by atoms with van der Waals surface area (Å²) >= 11 is 18.3. The number of nitrogens with zero attached hydrogens (tertiary/aromatic N) is 1. The van der Waals surface area contributed by atoms with Gasteiger partial charge in [-0.2, -0.15) is 5.26 Å². The van der Waals surface area contributed by atoms with E-state index >= 15 is 0 Å². The number of amides is 1. The van der Waals surface area contributed by atoms with Crippen molar-refractivity contribution in [1.82, 2.24) is 0 Å². The Morgan fingerprint density at radius 2 is 1.54 bits per heavy atom. The highest BCUT2D eigenvalue weighted by atomic mass is 35.5. The van der Waals surface area contributed by atoms with E-state index in [1.807, 2.05) is 13.0 Å². The Bertz CT molecular complexity index is 1050. The van der Waals surface area contributed by atoms with Crippen LogP contribution in [0, 0.1) is 18.3 Å². The molecule has 0 heterocycles. The van der Waals surface area contributed by atoms with Crippen LogP contribution in [-0.2, 0) is 0 Å². The largest absolute Gasteiger partial charge is 0.322 e. The van der Waals surface area contributed by atoms with Gasteiger partial charge >= 0.3 is 0 Å². The number of anilines is 1. The van der Waals surface area contributed by atoms with Crippen LogP contribution in [0.5, 0.6) is 0 Å². The summed E-state index contributed by atoms with van der Waals surface area (Å²) < 4.78 is 0. The maximum Gasteiger partial charge on any atom is 0.255 e. The van der Waals surface area contributed by atoms with Crippen LogP contribution in [0.3, 0.4) is 0 Å². The summed E-state index contributed by atoms with van der Waals surface area (Å²) in [5.74, 6) is -0.803. The van der Waals surface area contributed by atoms with Crippen LogP contribution in [0.15, 0.2) is 60.7 Å². The average Bonchev–Trinajstić information content (AvgIpc) is 2.68. The van der Waals surface area contributed by atoms with Crippen LogP contribution >= 0.6 is 34.8 Å². The normalized spacial score (nSPS) is 11.5. The first-order valence-electron chi connectivity index (χ1n) is 8.41. The minimum absolute atomic E-state index is 0.266. The molecule has 6 heteroatoms. The minimum Gasteiger partial charge on any atom is -0.322 e. The Kier molecular flexibility index (Phi) is 6.26. The highest BCUT2D eigenvalue weighted by Crippen LogP contribution is 2.34. The Labute approximate surface area is 178 Å². The zero-order valence-electron chi connectivity index (χ0n) is 14.8. The van der Waals surface area contributed by atoms with Crippen molar-refractivity contribution in [2.45, 2.75) is 12.8 Å². The third-order valence-corrected chi connectivity index (χ3v) is 5.17. The molecule has 3 nitrogen and oxygen atoms in total. The standard InChI is InChI=1S/C22H15Cl3N2O/c1-13-10-18(19(12-26)14-2-6-16(23)7-3-14)20(25)11-21(13)27-22(28)15-4-8-17(24)9-5-15/h2-11,19H,1H3,(H,27,28). The summed E-state index contributed by atoms with van der Waals surface area (Å²) in [5, 5.41) is 14.1. The van der Waals surface area contributed by atoms with Crippen molar-refractivity contribution in [2.24, 2.45) is 0 Å². The molecule has 1 unspecified atom stereocenters. The van der Waals surface area contributed by atoms with Crippen LogP contribution in [0.4, 0.5) is 5.69 Å². The van der Waals surface area contributed by atoms with Crippen molar-refractivity contribution >= 4 is 46.4 Å². The van der Waals surface area contributed by atoms with Crippen LogP contribution < -0.4 is 5.32 Å². The number of nitrogens with one attached hydrogen (secondary N) is 1. The Morgan fingerprint density at radius 1 is 0.964 bits per heavy atom. The predicted octanol–water partition coefficient (Wildman–Crippen LogP) is 6.86. The Morgan fingerprint density at radius 3 is 2.11 bits per heavy atom. The van der Waals surface area contributed by atoms with Gasteiger partial charge in [-0.15, -0.1) is 0 Å². The number of benzene rings is 3.